The zero-order valence-electron chi connectivity index (χ0n) is 16.8. The highest BCUT2D eigenvalue weighted by Gasteiger charge is 2.19. The molecular formula is C24H26N4. The van der Waals surface area contributed by atoms with E-state index in [4.69, 9.17) is 9.98 Å². The first-order chi connectivity index (χ1) is 13.6. The molecule has 1 aliphatic rings. The zero-order chi connectivity index (χ0) is 19.5. The quantitative estimate of drug-likeness (QED) is 0.625. The second-order valence-corrected chi connectivity index (χ2v) is 7.79. The van der Waals surface area contributed by atoms with E-state index in [2.05, 4.69) is 54.2 Å². The van der Waals surface area contributed by atoms with Crippen LogP contribution in [0.4, 0.5) is 0 Å². The molecule has 3 aromatic rings. The molecule has 2 unspecified atom stereocenters. The fourth-order valence-electron chi connectivity index (χ4n) is 3.57. The summed E-state index contributed by atoms with van der Waals surface area (Å²) in [5.74, 6) is 1.06. The summed E-state index contributed by atoms with van der Waals surface area (Å²) >= 11 is 0. The molecule has 0 spiro atoms. The van der Waals surface area contributed by atoms with Crippen molar-refractivity contribution in [3.63, 3.8) is 0 Å². The molecule has 0 fully saturated rings. The van der Waals surface area contributed by atoms with Crippen molar-refractivity contribution in [1.29, 1.82) is 0 Å². The Morgan fingerprint density at radius 3 is 2.68 bits per heavy atom. The number of pyridine rings is 3. The van der Waals surface area contributed by atoms with E-state index in [-0.39, 0.29) is 0 Å². The van der Waals surface area contributed by atoms with Gasteiger partial charge in [-0.25, -0.2) is 0 Å². The first-order valence-electron chi connectivity index (χ1n) is 10.0. The molecule has 4 heterocycles. The Kier molecular flexibility index (Phi) is 5.29. The molecule has 4 heteroatoms. The first kappa shape index (κ1) is 18.5. The largest absolute Gasteiger partial charge is 0.261 e. The Labute approximate surface area is 166 Å². The number of hydrogen-bond donors (Lipinski definition) is 0. The second kappa shape index (κ2) is 8.01. The van der Waals surface area contributed by atoms with E-state index < -0.39 is 0 Å². The van der Waals surface area contributed by atoms with E-state index in [0.717, 1.165) is 58.7 Å². The van der Waals surface area contributed by atoms with Gasteiger partial charge in [-0.15, -0.1) is 0 Å². The maximum Gasteiger partial charge on any atom is 0.0889 e. The standard InChI is InChI=1S/C24H26N4/c1-16-13-21(9-8-20-10-11-22-23(27-20)5-4-12-25-22)28-24(14-17(16)2)19-7-6-18(3)26-15-19/h4-7,10-13,15-17H,8-9,14H2,1-3H3. The van der Waals surface area contributed by atoms with Gasteiger partial charge in [0.1, 0.15) is 0 Å². The van der Waals surface area contributed by atoms with Crippen LogP contribution in [0.25, 0.3) is 11.0 Å². The first-order valence-corrected chi connectivity index (χ1v) is 10.0. The van der Waals surface area contributed by atoms with Gasteiger partial charge in [-0.3, -0.25) is 19.9 Å². The van der Waals surface area contributed by atoms with Gasteiger partial charge in [0.15, 0.2) is 0 Å². The van der Waals surface area contributed by atoms with Gasteiger partial charge in [0, 0.05) is 40.8 Å². The Bertz CT molecular complexity index is 1030. The number of aromatic nitrogens is 3. The number of hydrogen-bond acceptors (Lipinski definition) is 4. The summed E-state index contributed by atoms with van der Waals surface area (Å²) in [6.07, 6.45) is 8.83. The van der Waals surface area contributed by atoms with Gasteiger partial charge in [0.25, 0.3) is 0 Å². The van der Waals surface area contributed by atoms with Crippen LogP contribution in [-0.2, 0) is 6.42 Å². The zero-order valence-corrected chi connectivity index (χ0v) is 16.8. The fourth-order valence-corrected chi connectivity index (χ4v) is 3.57. The normalized spacial score (nSPS) is 19.8. The Morgan fingerprint density at radius 2 is 1.86 bits per heavy atom. The smallest absolute Gasteiger partial charge is 0.0889 e. The van der Waals surface area contributed by atoms with Crippen LogP contribution in [-0.4, -0.2) is 20.7 Å². The number of aryl methyl sites for hydroxylation is 2. The van der Waals surface area contributed by atoms with E-state index in [1.807, 2.05) is 25.3 Å². The number of aliphatic imine (C=N–C) groups is 1. The molecule has 0 aliphatic carbocycles. The highest BCUT2D eigenvalue weighted by atomic mass is 14.8. The third kappa shape index (κ3) is 4.16. The van der Waals surface area contributed by atoms with Gasteiger partial charge in [-0.1, -0.05) is 19.9 Å². The van der Waals surface area contributed by atoms with Crippen LogP contribution < -0.4 is 0 Å². The molecule has 3 aromatic heterocycles. The monoisotopic (exact) mass is 370 g/mol. The van der Waals surface area contributed by atoms with Crippen molar-refractivity contribution in [1.82, 2.24) is 15.0 Å². The predicted octanol–water partition coefficient (Wildman–Crippen LogP) is 5.31. The van der Waals surface area contributed by atoms with Crippen LogP contribution in [0.15, 0.2) is 65.6 Å². The lowest BCUT2D eigenvalue weighted by molar-refractivity contribution is 0.478. The Morgan fingerprint density at radius 1 is 0.964 bits per heavy atom. The van der Waals surface area contributed by atoms with Gasteiger partial charge in [0.05, 0.1) is 11.0 Å². The molecule has 28 heavy (non-hydrogen) atoms. The highest BCUT2D eigenvalue weighted by molar-refractivity contribution is 6.01. The van der Waals surface area contributed by atoms with Gasteiger partial charge in [-0.05, 0) is 74.4 Å². The van der Waals surface area contributed by atoms with E-state index in [1.165, 1.54) is 0 Å². The predicted molar refractivity (Wildman–Crippen MR) is 114 cm³/mol. The minimum atomic E-state index is 0.503. The molecule has 0 saturated carbocycles. The van der Waals surface area contributed by atoms with Gasteiger partial charge < -0.3 is 0 Å². The molecule has 0 bridgehead atoms. The van der Waals surface area contributed by atoms with Crippen LogP contribution in [0.2, 0.25) is 0 Å². The van der Waals surface area contributed by atoms with Crippen LogP contribution >= 0.6 is 0 Å². The molecule has 142 valence electrons. The van der Waals surface area contributed by atoms with Crippen molar-refractivity contribution in [2.24, 2.45) is 16.8 Å². The van der Waals surface area contributed by atoms with Gasteiger partial charge >= 0.3 is 0 Å². The summed E-state index contributed by atoms with van der Waals surface area (Å²) in [5.41, 5.74) is 7.44. The van der Waals surface area contributed by atoms with E-state index >= 15 is 0 Å². The number of nitrogens with zero attached hydrogens (tertiary/aromatic N) is 4. The summed E-state index contributed by atoms with van der Waals surface area (Å²) in [6, 6.07) is 12.3. The van der Waals surface area contributed by atoms with Gasteiger partial charge in [0.2, 0.25) is 0 Å². The SMILES string of the molecule is Cc1ccc(C2=NC(CCc3ccc4ncccc4n3)=CC(C)C(C)C2)cn1. The molecule has 0 N–H and O–H groups in total. The lowest BCUT2D eigenvalue weighted by Gasteiger charge is -2.15. The highest BCUT2D eigenvalue weighted by Crippen LogP contribution is 2.27. The summed E-state index contributed by atoms with van der Waals surface area (Å²) in [4.78, 5) is 18.6. The van der Waals surface area contributed by atoms with Crippen LogP contribution in [0, 0.1) is 18.8 Å². The van der Waals surface area contributed by atoms with Crippen LogP contribution in [0.3, 0.4) is 0 Å². The van der Waals surface area contributed by atoms with Crippen molar-refractivity contribution in [3.8, 4) is 0 Å². The van der Waals surface area contributed by atoms with E-state index in [0.29, 0.717) is 11.8 Å². The average Bonchev–Trinajstić information content (AvgIpc) is 2.85. The lowest BCUT2D eigenvalue weighted by atomic mass is 9.89. The average molecular weight is 371 g/mol. The molecule has 0 aromatic carbocycles. The summed E-state index contributed by atoms with van der Waals surface area (Å²) in [5, 5.41) is 0. The van der Waals surface area contributed by atoms with Gasteiger partial charge in [-0.2, -0.15) is 0 Å². The van der Waals surface area contributed by atoms with Crippen molar-refractivity contribution < 1.29 is 0 Å². The molecule has 4 rings (SSSR count). The molecule has 0 radical (unpaired) electrons. The second-order valence-electron chi connectivity index (χ2n) is 7.79. The minimum absolute atomic E-state index is 0.503. The molecule has 4 nitrogen and oxygen atoms in total. The molecule has 2 atom stereocenters. The summed E-state index contributed by atoms with van der Waals surface area (Å²) < 4.78 is 0. The maximum atomic E-state index is 5.05. The number of rotatable bonds is 4. The summed E-state index contributed by atoms with van der Waals surface area (Å²) in [7, 11) is 0. The topological polar surface area (TPSA) is 51.0 Å². The van der Waals surface area contributed by atoms with Crippen molar-refractivity contribution in [3.05, 3.63) is 77.5 Å². The fraction of sp³-hybridized carbons (Fsp3) is 0.333. The minimum Gasteiger partial charge on any atom is -0.261 e. The maximum absolute atomic E-state index is 5.05. The number of allylic oxidation sites excluding steroid dienone is 2. The van der Waals surface area contributed by atoms with Crippen LogP contribution in [0.5, 0.6) is 0 Å². The summed E-state index contributed by atoms with van der Waals surface area (Å²) in [6.45, 7) is 6.61. The van der Waals surface area contributed by atoms with Crippen molar-refractivity contribution in [2.75, 3.05) is 0 Å². The van der Waals surface area contributed by atoms with Crippen LogP contribution in [0.1, 0.15) is 43.6 Å². The van der Waals surface area contributed by atoms with E-state index in [9.17, 15) is 0 Å². The Balaban J connectivity index is 1.57. The third-order valence-corrected chi connectivity index (χ3v) is 5.54. The number of fused-ring (bicyclic) bond motifs is 1. The molecule has 1 aliphatic heterocycles. The molecule has 0 saturated heterocycles. The lowest BCUT2D eigenvalue weighted by Crippen LogP contribution is -2.11. The van der Waals surface area contributed by atoms with E-state index in [1.54, 1.807) is 6.20 Å². The molecular weight excluding hydrogens is 344 g/mol. The van der Waals surface area contributed by atoms with Crippen molar-refractivity contribution >= 4 is 16.7 Å². The van der Waals surface area contributed by atoms with Crippen molar-refractivity contribution in [2.45, 2.75) is 40.0 Å². The Hall–Kier alpha value is -2.88. The molecule has 0 amide bonds. The third-order valence-electron chi connectivity index (χ3n) is 5.54.